The van der Waals surface area contributed by atoms with Crippen LogP contribution in [0.5, 0.6) is 11.5 Å². The fourth-order valence-electron chi connectivity index (χ4n) is 3.01. The van der Waals surface area contributed by atoms with Crippen molar-refractivity contribution in [3.8, 4) is 22.9 Å². The summed E-state index contributed by atoms with van der Waals surface area (Å²) in [5, 5.41) is 4.04. The maximum atomic E-state index is 13.0. The predicted octanol–water partition coefficient (Wildman–Crippen LogP) is 4.26. The van der Waals surface area contributed by atoms with Crippen LogP contribution in [0.15, 0.2) is 53.1 Å². The van der Waals surface area contributed by atoms with Crippen molar-refractivity contribution >= 4 is 5.91 Å². The molecule has 158 valence electrons. The Morgan fingerprint density at radius 1 is 1.10 bits per heavy atom. The van der Waals surface area contributed by atoms with Crippen molar-refractivity contribution in [1.82, 2.24) is 15.0 Å². The van der Waals surface area contributed by atoms with E-state index in [0.717, 1.165) is 16.9 Å². The van der Waals surface area contributed by atoms with Crippen molar-refractivity contribution in [3.05, 3.63) is 60.0 Å². The molecule has 1 amide bonds. The number of benzene rings is 2. The van der Waals surface area contributed by atoms with Crippen molar-refractivity contribution in [2.75, 3.05) is 7.11 Å². The normalized spacial score (nSPS) is 11.9. The molecular weight excluding hydrogens is 382 g/mol. The molecule has 0 aliphatic rings. The minimum atomic E-state index is -0.641. The average Bonchev–Trinajstić information content (AvgIpc) is 3.20. The predicted molar refractivity (Wildman–Crippen MR) is 113 cm³/mol. The fraction of sp³-hybridized carbons (Fsp3) is 0.348. The third kappa shape index (κ3) is 5.17. The van der Waals surface area contributed by atoms with Gasteiger partial charge >= 0.3 is 0 Å². The molecule has 1 atom stereocenters. The molecule has 30 heavy (non-hydrogen) atoms. The number of hydrogen-bond acceptors (Lipinski definition) is 6. The Morgan fingerprint density at radius 2 is 1.83 bits per heavy atom. The topological polar surface area (TPSA) is 77.7 Å². The number of aromatic nitrogens is 2. The molecule has 3 rings (SSSR count). The van der Waals surface area contributed by atoms with E-state index in [9.17, 15) is 4.79 Å². The zero-order valence-corrected chi connectivity index (χ0v) is 18.0. The first-order valence-electron chi connectivity index (χ1n) is 9.88. The minimum Gasteiger partial charge on any atom is -0.497 e. The molecule has 7 nitrogen and oxygen atoms in total. The zero-order valence-electron chi connectivity index (χ0n) is 18.0. The number of amides is 1. The lowest BCUT2D eigenvalue weighted by Crippen LogP contribution is -2.43. The van der Waals surface area contributed by atoms with Gasteiger partial charge in [0.05, 0.1) is 7.11 Å². The van der Waals surface area contributed by atoms with Gasteiger partial charge in [-0.3, -0.25) is 4.79 Å². The van der Waals surface area contributed by atoms with E-state index < -0.39 is 6.10 Å². The molecule has 1 heterocycles. The fourth-order valence-corrected chi connectivity index (χ4v) is 3.01. The Hall–Kier alpha value is -3.35. The van der Waals surface area contributed by atoms with E-state index in [1.807, 2.05) is 69.3 Å². The summed E-state index contributed by atoms with van der Waals surface area (Å²) >= 11 is 0. The molecule has 0 aliphatic carbocycles. The van der Waals surface area contributed by atoms with Crippen LogP contribution in [0.3, 0.4) is 0 Å². The summed E-state index contributed by atoms with van der Waals surface area (Å²) in [5.41, 5.74) is 1.88. The number of carbonyl (C=O) groups is 1. The first kappa shape index (κ1) is 21.4. The summed E-state index contributed by atoms with van der Waals surface area (Å²) in [7, 11) is 1.61. The second kappa shape index (κ2) is 9.43. The maximum Gasteiger partial charge on any atom is 0.264 e. The summed E-state index contributed by atoms with van der Waals surface area (Å²) in [6.45, 7) is 7.82. The molecule has 0 N–H and O–H groups in total. The number of hydrogen-bond donors (Lipinski definition) is 0. The lowest BCUT2D eigenvalue weighted by Gasteiger charge is -2.28. The lowest BCUT2D eigenvalue weighted by molar-refractivity contribution is -0.140. The molecule has 0 saturated heterocycles. The number of carbonyl (C=O) groups excluding carboxylic acids is 1. The molecule has 1 unspecified atom stereocenters. The van der Waals surface area contributed by atoms with E-state index in [1.54, 1.807) is 18.9 Å². The average molecular weight is 409 g/mol. The van der Waals surface area contributed by atoms with Crippen LogP contribution >= 0.6 is 0 Å². The van der Waals surface area contributed by atoms with Crippen molar-refractivity contribution in [1.29, 1.82) is 0 Å². The molecule has 0 spiro atoms. The summed E-state index contributed by atoms with van der Waals surface area (Å²) < 4.78 is 16.4. The second-order valence-corrected chi connectivity index (χ2v) is 7.38. The zero-order chi connectivity index (χ0) is 21.7. The number of rotatable bonds is 8. The number of ether oxygens (including phenoxy) is 2. The second-order valence-electron chi connectivity index (χ2n) is 7.38. The van der Waals surface area contributed by atoms with E-state index in [1.165, 1.54) is 0 Å². The lowest BCUT2D eigenvalue weighted by atomic mass is 10.2. The van der Waals surface area contributed by atoms with Crippen LogP contribution < -0.4 is 9.47 Å². The summed E-state index contributed by atoms with van der Waals surface area (Å²) in [4.78, 5) is 19.1. The van der Waals surface area contributed by atoms with Crippen molar-refractivity contribution in [2.24, 2.45) is 0 Å². The van der Waals surface area contributed by atoms with Crippen LogP contribution in [0.25, 0.3) is 11.4 Å². The van der Waals surface area contributed by atoms with Gasteiger partial charge in [-0.2, -0.15) is 4.98 Å². The van der Waals surface area contributed by atoms with Crippen LogP contribution in [-0.2, 0) is 11.3 Å². The third-order valence-electron chi connectivity index (χ3n) is 4.68. The van der Waals surface area contributed by atoms with E-state index in [0.29, 0.717) is 17.5 Å². The highest BCUT2D eigenvalue weighted by Gasteiger charge is 2.26. The largest absolute Gasteiger partial charge is 0.497 e. The van der Waals surface area contributed by atoms with Crippen molar-refractivity contribution in [2.45, 2.75) is 46.4 Å². The van der Waals surface area contributed by atoms with Gasteiger partial charge in [-0.15, -0.1) is 0 Å². The van der Waals surface area contributed by atoms with Gasteiger partial charge in [0, 0.05) is 11.6 Å². The molecule has 0 saturated carbocycles. The molecule has 7 heteroatoms. The van der Waals surface area contributed by atoms with Gasteiger partial charge in [-0.1, -0.05) is 17.3 Å². The Bertz CT molecular complexity index is 982. The Morgan fingerprint density at radius 3 is 2.47 bits per heavy atom. The first-order chi connectivity index (χ1) is 14.4. The number of aryl methyl sites for hydroxylation is 1. The molecule has 0 fully saturated rings. The van der Waals surface area contributed by atoms with Gasteiger partial charge in [-0.25, -0.2) is 0 Å². The van der Waals surface area contributed by atoms with E-state index in [-0.39, 0.29) is 18.5 Å². The number of methoxy groups -OCH3 is 1. The molecule has 0 bridgehead atoms. The van der Waals surface area contributed by atoms with Crippen LogP contribution in [-0.4, -0.2) is 40.2 Å². The Labute approximate surface area is 176 Å². The molecule has 1 aromatic heterocycles. The van der Waals surface area contributed by atoms with E-state index in [2.05, 4.69) is 10.1 Å². The van der Waals surface area contributed by atoms with Gasteiger partial charge < -0.3 is 18.9 Å². The SMILES string of the molecule is COc1ccc(-c2noc(CN(C(=O)C(C)Oc3cccc(C)c3)C(C)C)n2)cc1. The monoisotopic (exact) mass is 409 g/mol. The molecule has 0 aliphatic heterocycles. The quantitative estimate of drug-likeness (QED) is 0.553. The number of nitrogens with zero attached hydrogens (tertiary/aromatic N) is 3. The third-order valence-corrected chi connectivity index (χ3v) is 4.68. The summed E-state index contributed by atoms with van der Waals surface area (Å²) in [6, 6.07) is 15.0. The standard InChI is InChI=1S/C23H27N3O4/c1-15(2)26(23(27)17(4)29-20-8-6-7-16(3)13-20)14-21-24-22(25-30-21)18-9-11-19(28-5)12-10-18/h6-13,15,17H,14H2,1-5H3. The van der Waals surface area contributed by atoms with E-state index in [4.69, 9.17) is 14.0 Å². The molecule has 0 radical (unpaired) electrons. The van der Waals surface area contributed by atoms with Gasteiger partial charge in [0.1, 0.15) is 18.0 Å². The minimum absolute atomic E-state index is 0.0580. The highest BCUT2D eigenvalue weighted by atomic mass is 16.5. The summed E-state index contributed by atoms with van der Waals surface area (Å²) in [6.07, 6.45) is -0.641. The summed E-state index contributed by atoms with van der Waals surface area (Å²) in [5.74, 6) is 2.11. The molecule has 3 aromatic rings. The molecular formula is C23H27N3O4. The van der Waals surface area contributed by atoms with Crippen LogP contribution in [0.2, 0.25) is 0 Å². The highest BCUT2D eigenvalue weighted by molar-refractivity contribution is 5.81. The highest BCUT2D eigenvalue weighted by Crippen LogP contribution is 2.21. The van der Waals surface area contributed by atoms with Gasteiger partial charge in [-0.05, 0) is 69.7 Å². The van der Waals surface area contributed by atoms with Crippen molar-refractivity contribution < 1.29 is 18.8 Å². The Balaban J connectivity index is 1.70. The van der Waals surface area contributed by atoms with Gasteiger partial charge in [0.15, 0.2) is 6.10 Å². The van der Waals surface area contributed by atoms with Crippen molar-refractivity contribution in [3.63, 3.8) is 0 Å². The van der Waals surface area contributed by atoms with E-state index >= 15 is 0 Å². The maximum absolute atomic E-state index is 13.0. The van der Waals surface area contributed by atoms with Gasteiger partial charge in [0.25, 0.3) is 5.91 Å². The smallest absolute Gasteiger partial charge is 0.264 e. The molecule has 2 aromatic carbocycles. The van der Waals surface area contributed by atoms with Crippen LogP contribution in [0.4, 0.5) is 0 Å². The first-order valence-corrected chi connectivity index (χ1v) is 9.88. The van der Waals surface area contributed by atoms with Gasteiger partial charge in [0.2, 0.25) is 11.7 Å². The Kier molecular flexibility index (Phi) is 6.72. The van der Waals surface area contributed by atoms with Crippen LogP contribution in [0.1, 0.15) is 32.2 Å². The van der Waals surface area contributed by atoms with Crippen LogP contribution in [0, 0.1) is 6.92 Å².